The number of urea groups is 1. The quantitative estimate of drug-likeness (QED) is 0.871. The minimum absolute atomic E-state index is 0.347. The third-order valence-electron chi connectivity index (χ3n) is 3.49. The number of alkyl halides is 3. The lowest BCUT2D eigenvalue weighted by Gasteiger charge is -2.28. The highest BCUT2D eigenvalue weighted by Crippen LogP contribution is 2.48. The zero-order chi connectivity index (χ0) is 13.0. The predicted octanol–water partition coefficient (Wildman–Crippen LogP) is 1.29. The van der Waals surface area contributed by atoms with Gasteiger partial charge in [0.25, 0.3) is 0 Å². The van der Waals surface area contributed by atoms with Crippen LogP contribution >= 0.6 is 0 Å². The molecule has 1 aliphatic carbocycles. The lowest BCUT2D eigenvalue weighted by Crippen LogP contribution is -2.41. The molecule has 1 saturated carbocycles. The Balaban J connectivity index is 1.84. The van der Waals surface area contributed by atoms with Crippen LogP contribution in [0.3, 0.4) is 0 Å². The summed E-state index contributed by atoms with van der Waals surface area (Å²) in [6.45, 7) is -0.347. The molecule has 1 aromatic rings. The molecule has 1 saturated heterocycles. The number of rotatable bonds is 2. The van der Waals surface area contributed by atoms with E-state index in [1.807, 2.05) is 5.32 Å². The number of nitrogens with zero attached hydrogens (tertiary/aromatic N) is 3. The Bertz CT molecular complexity index is 466. The van der Waals surface area contributed by atoms with Crippen LogP contribution in [-0.4, -0.2) is 39.2 Å². The average molecular weight is 260 g/mol. The molecule has 3 rings (SSSR count). The molecule has 8 heteroatoms. The summed E-state index contributed by atoms with van der Waals surface area (Å²) in [7, 11) is 0. The summed E-state index contributed by atoms with van der Waals surface area (Å²) in [4.78, 5) is 16.8. The van der Waals surface area contributed by atoms with Crippen LogP contribution in [0.15, 0.2) is 18.7 Å². The van der Waals surface area contributed by atoms with Crippen LogP contribution in [0.4, 0.5) is 18.0 Å². The monoisotopic (exact) mass is 260 g/mol. The predicted molar refractivity (Wildman–Crippen MR) is 54.5 cm³/mol. The number of carbonyl (C=O) groups excluding carboxylic acids is 1. The Labute approximate surface area is 101 Å². The van der Waals surface area contributed by atoms with E-state index in [4.69, 9.17) is 0 Å². The molecule has 1 aromatic heterocycles. The molecule has 0 spiro atoms. The number of hydrogen-bond donors (Lipinski definition) is 1. The van der Waals surface area contributed by atoms with Crippen molar-refractivity contribution in [1.82, 2.24) is 19.8 Å². The molecule has 2 fully saturated rings. The molecular weight excluding hydrogens is 249 g/mol. The van der Waals surface area contributed by atoms with Gasteiger partial charge in [-0.25, -0.2) is 9.78 Å². The SMILES string of the molecule is O=C1N[C@H](C(F)(F)F)CN1C1(n2ccnc2)CC1. The molecule has 18 heavy (non-hydrogen) atoms. The van der Waals surface area contributed by atoms with Crippen LogP contribution < -0.4 is 5.32 Å². The summed E-state index contributed by atoms with van der Waals surface area (Å²) in [5.41, 5.74) is -0.652. The van der Waals surface area contributed by atoms with Crippen molar-refractivity contribution in [3.8, 4) is 0 Å². The summed E-state index contributed by atoms with van der Waals surface area (Å²) in [6, 6.07) is -2.45. The van der Waals surface area contributed by atoms with Gasteiger partial charge in [0.2, 0.25) is 0 Å². The molecule has 5 nitrogen and oxygen atoms in total. The highest BCUT2D eigenvalue weighted by Gasteiger charge is 2.58. The van der Waals surface area contributed by atoms with Gasteiger partial charge in [-0.2, -0.15) is 13.2 Å². The molecule has 0 radical (unpaired) electrons. The molecule has 0 bridgehead atoms. The lowest BCUT2D eigenvalue weighted by atomic mass is 10.3. The summed E-state index contributed by atoms with van der Waals surface area (Å²) in [5, 5.41) is 1.98. The van der Waals surface area contributed by atoms with E-state index in [-0.39, 0.29) is 6.54 Å². The van der Waals surface area contributed by atoms with E-state index in [0.717, 1.165) is 0 Å². The number of carbonyl (C=O) groups is 1. The van der Waals surface area contributed by atoms with Gasteiger partial charge in [0.15, 0.2) is 0 Å². The number of imidazole rings is 1. The van der Waals surface area contributed by atoms with Gasteiger partial charge in [-0.1, -0.05) is 0 Å². The van der Waals surface area contributed by atoms with E-state index in [1.54, 1.807) is 17.0 Å². The second kappa shape index (κ2) is 3.39. The second-order valence-corrected chi connectivity index (χ2v) is 4.61. The Morgan fingerprint density at radius 1 is 1.44 bits per heavy atom. The minimum Gasteiger partial charge on any atom is -0.324 e. The first-order valence-corrected chi connectivity index (χ1v) is 5.57. The van der Waals surface area contributed by atoms with Gasteiger partial charge in [0.05, 0.1) is 12.9 Å². The Morgan fingerprint density at radius 2 is 2.17 bits per heavy atom. The average Bonchev–Trinajstić information content (AvgIpc) is 2.77. The van der Waals surface area contributed by atoms with Crippen molar-refractivity contribution < 1.29 is 18.0 Å². The maximum Gasteiger partial charge on any atom is 0.410 e. The van der Waals surface area contributed by atoms with Crippen LogP contribution in [0.2, 0.25) is 0 Å². The first kappa shape index (κ1) is 11.4. The highest BCUT2D eigenvalue weighted by molar-refractivity contribution is 5.78. The van der Waals surface area contributed by atoms with Crippen molar-refractivity contribution in [1.29, 1.82) is 0 Å². The number of hydrogen-bond acceptors (Lipinski definition) is 2. The van der Waals surface area contributed by atoms with E-state index in [2.05, 4.69) is 4.98 Å². The Hall–Kier alpha value is -1.73. The fourth-order valence-corrected chi connectivity index (χ4v) is 2.37. The standard InChI is InChI=1S/C10H11F3N4O/c11-10(12,13)7-5-17(8(18)15-7)9(1-2-9)16-4-3-14-6-16/h3-4,6-7H,1-2,5H2,(H,15,18)/t7-/m0/s1. The highest BCUT2D eigenvalue weighted by atomic mass is 19.4. The fourth-order valence-electron chi connectivity index (χ4n) is 2.37. The van der Waals surface area contributed by atoms with Crippen molar-refractivity contribution in [3.63, 3.8) is 0 Å². The molecule has 1 atom stereocenters. The number of halogens is 3. The molecule has 2 heterocycles. The molecule has 2 aliphatic rings. The van der Waals surface area contributed by atoms with Crippen molar-refractivity contribution in [3.05, 3.63) is 18.7 Å². The van der Waals surface area contributed by atoms with Gasteiger partial charge in [-0.15, -0.1) is 0 Å². The second-order valence-electron chi connectivity index (χ2n) is 4.61. The first-order valence-electron chi connectivity index (χ1n) is 5.57. The van der Waals surface area contributed by atoms with Crippen LogP contribution in [0.1, 0.15) is 12.8 Å². The zero-order valence-electron chi connectivity index (χ0n) is 9.31. The largest absolute Gasteiger partial charge is 0.410 e. The third kappa shape index (κ3) is 1.55. The molecule has 0 unspecified atom stereocenters. The van der Waals surface area contributed by atoms with E-state index in [1.165, 1.54) is 11.2 Å². The van der Waals surface area contributed by atoms with E-state index in [0.29, 0.717) is 12.8 Å². The lowest BCUT2D eigenvalue weighted by molar-refractivity contribution is -0.150. The smallest absolute Gasteiger partial charge is 0.324 e. The fraction of sp³-hybridized carbons (Fsp3) is 0.600. The molecule has 98 valence electrons. The van der Waals surface area contributed by atoms with Gasteiger partial charge in [0, 0.05) is 12.4 Å². The van der Waals surface area contributed by atoms with Gasteiger partial charge in [0.1, 0.15) is 11.7 Å². The maximum atomic E-state index is 12.6. The van der Waals surface area contributed by atoms with E-state index in [9.17, 15) is 18.0 Å². The van der Waals surface area contributed by atoms with Crippen molar-refractivity contribution >= 4 is 6.03 Å². The first-order chi connectivity index (χ1) is 8.43. The van der Waals surface area contributed by atoms with Crippen molar-refractivity contribution in [2.75, 3.05) is 6.54 Å². The molecule has 2 amide bonds. The topological polar surface area (TPSA) is 50.2 Å². The minimum atomic E-state index is -4.41. The van der Waals surface area contributed by atoms with Crippen LogP contribution in [-0.2, 0) is 5.66 Å². The Kier molecular flexibility index (Phi) is 2.14. The molecule has 0 aromatic carbocycles. The molecule has 1 N–H and O–H groups in total. The number of aromatic nitrogens is 2. The summed E-state index contributed by atoms with van der Waals surface area (Å²) >= 11 is 0. The van der Waals surface area contributed by atoms with E-state index < -0.39 is 23.9 Å². The maximum absolute atomic E-state index is 12.6. The summed E-state index contributed by atoms with van der Waals surface area (Å²) < 4.78 is 39.5. The van der Waals surface area contributed by atoms with Crippen LogP contribution in [0.5, 0.6) is 0 Å². The van der Waals surface area contributed by atoms with Gasteiger partial charge >= 0.3 is 12.2 Å². The molecule has 1 aliphatic heterocycles. The van der Waals surface area contributed by atoms with Gasteiger partial charge in [-0.05, 0) is 12.8 Å². The third-order valence-corrected chi connectivity index (χ3v) is 3.49. The summed E-state index contributed by atoms with van der Waals surface area (Å²) in [6.07, 6.45) is 1.65. The number of amides is 2. The summed E-state index contributed by atoms with van der Waals surface area (Å²) in [5.74, 6) is 0. The van der Waals surface area contributed by atoms with Crippen LogP contribution in [0.25, 0.3) is 0 Å². The van der Waals surface area contributed by atoms with Crippen LogP contribution in [0, 0.1) is 0 Å². The van der Waals surface area contributed by atoms with Crippen molar-refractivity contribution in [2.45, 2.75) is 30.7 Å². The zero-order valence-corrected chi connectivity index (χ0v) is 9.31. The Morgan fingerprint density at radius 3 is 2.61 bits per heavy atom. The van der Waals surface area contributed by atoms with Gasteiger partial charge in [-0.3, -0.25) is 4.90 Å². The normalized spacial score (nSPS) is 26.3. The molecular formula is C10H11F3N4O. The number of nitrogens with one attached hydrogen (secondary N) is 1. The van der Waals surface area contributed by atoms with Gasteiger partial charge < -0.3 is 9.88 Å². The van der Waals surface area contributed by atoms with Crippen molar-refractivity contribution in [2.24, 2.45) is 0 Å². The van der Waals surface area contributed by atoms with E-state index >= 15 is 0 Å².